The van der Waals surface area contributed by atoms with E-state index in [1.807, 2.05) is 24.3 Å². The fourth-order valence-electron chi connectivity index (χ4n) is 2.24. The quantitative estimate of drug-likeness (QED) is 0.745. The molecule has 1 heterocycles. The van der Waals surface area contributed by atoms with Gasteiger partial charge in [-0.3, -0.25) is 4.79 Å². The molecule has 0 aliphatic rings. The second kappa shape index (κ2) is 7.11. The Hall–Kier alpha value is -3.25. The molecule has 3 aromatic rings. The third-order valence-electron chi connectivity index (χ3n) is 3.44. The lowest BCUT2D eigenvalue weighted by molar-refractivity contribution is 0.0685. The number of anilines is 1. The molecule has 3 rings (SSSR count). The van der Waals surface area contributed by atoms with E-state index in [1.54, 1.807) is 24.3 Å². The van der Waals surface area contributed by atoms with Crippen molar-refractivity contribution in [2.24, 2.45) is 0 Å². The molecule has 0 aliphatic heterocycles. The minimum atomic E-state index is -1.31. The van der Waals surface area contributed by atoms with Crippen LogP contribution in [-0.2, 0) is 0 Å². The van der Waals surface area contributed by atoms with Gasteiger partial charge in [-0.25, -0.2) is 14.8 Å². The zero-order valence-electron chi connectivity index (χ0n) is 12.8. The van der Waals surface area contributed by atoms with Crippen molar-refractivity contribution in [1.82, 2.24) is 9.97 Å². The van der Waals surface area contributed by atoms with E-state index < -0.39 is 17.6 Å². The standard InChI is InChI=1S/C18H12ClN3O3/c19-13-5-1-11(2-6-13)12-3-7-14(8-4-12)22-17(23)15-16(18(24)25)21-10-9-20-15/h1-10H,(H,22,23)(H,24,25). The number of rotatable bonds is 4. The minimum absolute atomic E-state index is 0.239. The van der Waals surface area contributed by atoms with Crippen molar-refractivity contribution in [3.05, 3.63) is 77.3 Å². The van der Waals surface area contributed by atoms with Crippen LogP contribution >= 0.6 is 11.6 Å². The molecule has 0 saturated heterocycles. The summed E-state index contributed by atoms with van der Waals surface area (Å²) in [7, 11) is 0. The average molecular weight is 354 g/mol. The van der Waals surface area contributed by atoms with Crippen LogP contribution in [0.4, 0.5) is 5.69 Å². The molecule has 0 bridgehead atoms. The van der Waals surface area contributed by atoms with Crippen LogP contribution in [0.1, 0.15) is 21.0 Å². The molecule has 0 aliphatic carbocycles. The fourth-order valence-corrected chi connectivity index (χ4v) is 2.37. The molecule has 0 saturated carbocycles. The highest BCUT2D eigenvalue weighted by molar-refractivity contribution is 6.30. The second-order valence-corrected chi connectivity index (χ2v) is 5.53. The maximum absolute atomic E-state index is 12.2. The molecular weight excluding hydrogens is 342 g/mol. The molecule has 2 N–H and O–H groups in total. The van der Waals surface area contributed by atoms with E-state index in [9.17, 15) is 9.59 Å². The number of benzene rings is 2. The first-order valence-electron chi connectivity index (χ1n) is 7.26. The van der Waals surface area contributed by atoms with Gasteiger partial charge in [-0.2, -0.15) is 0 Å². The first-order chi connectivity index (χ1) is 12.0. The lowest BCUT2D eigenvalue weighted by atomic mass is 10.1. The lowest BCUT2D eigenvalue weighted by Crippen LogP contribution is -2.19. The number of hydrogen-bond acceptors (Lipinski definition) is 4. The zero-order chi connectivity index (χ0) is 17.8. The van der Waals surface area contributed by atoms with E-state index in [4.69, 9.17) is 16.7 Å². The summed E-state index contributed by atoms with van der Waals surface area (Å²) < 4.78 is 0. The maximum Gasteiger partial charge on any atom is 0.356 e. The number of carbonyl (C=O) groups excluding carboxylic acids is 1. The van der Waals surface area contributed by atoms with Gasteiger partial charge < -0.3 is 10.4 Å². The summed E-state index contributed by atoms with van der Waals surface area (Å²) in [6, 6.07) is 14.5. The highest BCUT2D eigenvalue weighted by atomic mass is 35.5. The van der Waals surface area contributed by atoms with Gasteiger partial charge in [-0.15, -0.1) is 0 Å². The SMILES string of the molecule is O=C(O)c1nccnc1C(=O)Nc1ccc(-c2ccc(Cl)cc2)cc1. The number of nitrogens with zero attached hydrogens (tertiary/aromatic N) is 2. The summed E-state index contributed by atoms with van der Waals surface area (Å²) in [4.78, 5) is 30.8. The molecule has 6 nitrogen and oxygen atoms in total. The van der Waals surface area contributed by atoms with Gasteiger partial charge in [0.1, 0.15) is 0 Å². The molecule has 1 aromatic heterocycles. The van der Waals surface area contributed by atoms with Crippen molar-refractivity contribution in [3.63, 3.8) is 0 Å². The first kappa shape index (κ1) is 16.6. The van der Waals surface area contributed by atoms with E-state index >= 15 is 0 Å². The molecular formula is C18H12ClN3O3. The molecule has 0 radical (unpaired) electrons. The van der Waals surface area contributed by atoms with E-state index in [1.165, 1.54) is 12.4 Å². The molecule has 124 valence electrons. The van der Waals surface area contributed by atoms with Crippen molar-refractivity contribution in [2.75, 3.05) is 5.32 Å². The van der Waals surface area contributed by atoms with Crippen LogP contribution in [0.15, 0.2) is 60.9 Å². The normalized spacial score (nSPS) is 10.3. The summed E-state index contributed by atoms with van der Waals surface area (Å²) in [6.45, 7) is 0. The third kappa shape index (κ3) is 3.81. The van der Waals surface area contributed by atoms with Crippen molar-refractivity contribution in [3.8, 4) is 11.1 Å². The summed E-state index contributed by atoms with van der Waals surface area (Å²) >= 11 is 5.87. The Morgan fingerprint density at radius 1 is 0.840 bits per heavy atom. The number of aromatic carboxylic acids is 1. The van der Waals surface area contributed by atoms with E-state index in [2.05, 4.69) is 15.3 Å². The van der Waals surface area contributed by atoms with Gasteiger partial charge in [0, 0.05) is 23.1 Å². The average Bonchev–Trinajstić information content (AvgIpc) is 2.63. The molecule has 1 amide bonds. The van der Waals surface area contributed by atoms with Crippen molar-refractivity contribution < 1.29 is 14.7 Å². The van der Waals surface area contributed by atoms with Gasteiger partial charge in [-0.05, 0) is 35.4 Å². The number of carboxylic acid groups (broad SMARTS) is 1. The van der Waals surface area contributed by atoms with Crippen LogP contribution in [0.5, 0.6) is 0 Å². The topological polar surface area (TPSA) is 92.2 Å². The Morgan fingerprint density at radius 3 is 1.92 bits per heavy atom. The fraction of sp³-hybridized carbons (Fsp3) is 0. The maximum atomic E-state index is 12.2. The van der Waals surface area contributed by atoms with E-state index in [0.29, 0.717) is 10.7 Å². The smallest absolute Gasteiger partial charge is 0.356 e. The largest absolute Gasteiger partial charge is 0.476 e. The number of hydrogen-bond donors (Lipinski definition) is 2. The van der Waals surface area contributed by atoms with E-state index in [0.717, 1.165) is 11.1 Å². The molecule has 0 fully saturated rings. The number of carboxylic acids is 1. The van der Waals surface area contributed by atoms with Crippen LogP contribution in [0.3, 0.4) is 0 Å². The highest BCUT2D eigenvalue weighted by Gasteiger charge is 2.19. The van der Waals surface area contributed by atoms with Crippen molar-refractivity contribution >= 4 is 29.2 Å². The summed E-state index contributed by atoms with van der Waals surface area (Å²) in [5, 5.41) is 12.3. The zero-order valence-corrected chi connectivity index (χ0v) is 13.6. The minimum Gasteiger partial charge on any atom is -0.476 e. The predicted molar refractivity (Wildman–Crippen MR) is 93.8 cm³/mol. The Labute approximate surface area is 148 Å². The van der Waals surface area contributed by atoms with Crippen molar-refractivity contribution in [1.29, 1.82) is 0 Å². The molecule has 25 heavy (non-hydrogen) atoms. The summed E-state index contributed by atoms with van der Waals surface area (Å²) in [6.07, 6.45) is 2.49. The highest BCUT2D eigenvalue weighted by Crippen LogP contribution is 2.23. The Balaban J connectivity index is 1.79. The van der Waals surface area contributed by atoms with Gasteiger partial charge in [0.15, 0.2) is 11.4 Å². The van der Waals surface area contributed by atoms with Crippen LogP contribution in [0, 0.1) is 0 Å². The summed E-state index contributed by atoms with van der Waals surface area (Å²) in [5.74, 6) is -1.94. The Kier molecular flexibility index (Phi) is 4.72. The van der Waals surface area contributed by atoms with Crippen LogP contribution in [-0.4, -0.2) is 27.0 Å². The second-order valence-electron chi connectivity index (χ2n) is 5.10. The molecule has 0 atom stereocenters. The monoisotopic (exact) mass is 353 g/mol. The van der Waals surface area contributed by atoms with Crippen LogP contribution in [0.25, 0.3) is 11.1 Å². The van der Waals surface area contributed by atoms with Gasteiger partial charge in [0.25, 0.3) is 5.91 Å². The predicted octanol–water partition coefficient (Wildman–Crippen LogP) is 3.75. The number of carbonyl (C=O) groups is 2. The number of nitrogens with one attached hydrogen (secondary N) is 1. The van der Waals surface area contributed by atoms with Crippen molar-refractivity contribution in [2.45, 2.75) is 0 Å². The van der Waals surface area contributed by atoms with E-state index in [-0.39, 0.29) is 5.69 Å². The lowest BCUT2D eigenvalue weighted by Gasteiger charge is -2.08. The Bertz CT molecular complexity index is 925. The molecule has 0 unspecified atom stereocenters. The third-order valence-corrected chi connectivity index (χ3v) is 3.69. The summed E-state index contributed by atoms with van der Waals surface area (Å²) in [5.41, 5.74) is 1.84. The molecule has 7 heteroatoms. The molecule has 2 aromatic carbocycles. The first-order valence-corrected chi connectivity index (χ1v) is 7.64. The van der Waals surface area contributed by atoms with Gasteiger partial charge in [0.05, 0.1) is 0 Å². The Morgan fingerprint density at radius 2 is 1.36 bits per heavy atom. The number of amides is 1. The number of halogens is 1. The van der Waals surface area contributed by atoms with Gasteiger partial charge >= 0.3 is 5.97 Å². The van der Waals surface area contributed by atoms with Gasteiger partial charge in [-0.1, -0.05) is 35.9 Å². The molecule has 0 spiro atoms. The van der Waals surface area contributed by atoms with Gasteiger partial charge in [0.2, 0.25) is 0 Å². The number of aromatic nitrogens is 2. The van der Waals surface area contributed by atoms with Crippen LogP contribution < -0.4 is 5.32 Å². The van der Waals surface area contributed by atoms with Crippen LogP contribution in [0.2, 0.25) is 5.02 Å².